The van der Waals surface area contributed by atoms with Crippen LogP contribution in [-0.2, 0) is 9.47 Å². The fraction of sp³-hybridized carbons (Fsp3) is 0.600. The molecule has 0 aliphatic heterocycles. The summed E-state index contributed by atoms with van der Waals surface area (Å²) in [4.78, 5) is 0. The first-order valence-electron chi connectivity index (χ1n) is 7.29. The molecule has 2 radical (unpaired) electrons. The monoisotopic (exact) mass is 408 g/mol. The predicted molar refractivity (Wildman–Crippen MR) is 99.6 cm³/mol. The molecular formula is C15H26BrO4PSi. The van der Waals surface area contributed by atoms with Crippen LogP contribution in [0.25, 0.3) is 0 Å². The number of halogens is 1. The van der Waals surface area contributed by atoms with Crippen LogP contribution in [0.3, 0.4) is 0 Å². The summed E-state index contributed by atoms with van der Waals surface area (Å²) in [6.07, 6.45) is 0.530. The third kappa shape index (κ3) is 6.55. The van der Waals surface area contributed by atoms with Gasteiger partial charge in [-0.15, -0.1) is 0 Å². The van der Waals surface area contributed by atoms with E-state index in [1.165, 1.54) is 0 Å². The summed E-state index contributed by atoms with van der Waals surface area (Å²) in [7, 11) is 0.399. The van der Waals surface area contributed by atoms with Gasteiger partial charge in [-0.25, -0.2) is 0 Å². The van der Waals surface area contributed by atoms with Crippen molar-refractivity contribution in [2.45, 2.75) is 19.8 Å². The Morgan fingerprint density at radius 2 is 1.77 bits per heavy atom. The number of ether oxygens (including phenoxy) is 3. The van der Waals surface area contributed by atoms with E-state index in [1.54, 1.807) is 12.1 Å². The Bertz CT molecular complexity index is 475. The van der Waals surface area contributed by atoms with E-state index in [0.717, 1.165) is 11.1 Å². The Labute approximate surface area is 144 Å². The summed E-state index contributed by atoms with van der Waals surface area (Å²) < 4.78 is 17.0. The van der Waals surface area contributed by atoms with E-state index in [1.807, 2.05) is 19.9 Å². The molecule has 0 aromatic heterocycles. The maximum absolute atomic E-state index is 9.78. The average Bonchev–Trinajstić information content (AvgIpc) is 2.39. The first kappa shape index (κ1) is 19.9. The van der Waals surface area contributed by atoms with Gasteiger partial charge in [0.2, 0.25) is 0 Å². The van der Waals surface area contributed by atoms with E-state index in [0.29, 0.717) is 29.0 Å². The number of hydrogen-bond acceptors (Lipinski definition) is 4. The third-order valence-electron chi connectivity index (χ3n) is 2.87. The summed E-state index contributed by atoms with van der Waals surface area (Å²) in [5.74, 6) is 0.851. The molecule has 1 N–H and O–H groups in total. The van der Waals surface area contributed by atoms with Crippen molar-refractivity contribution < 1.29 is 19.3 Å². The molecule has 0 saturated heterocycles. The van der Waals surface area contributed by atoms with E-state index >= 15 is 0 Å². The first-order chi connectivity index (χ1) is 10.1. The third-order valence-corrected chi connectivity index (χ3v) is 6.97. The van der Waals surface area contributed by atoms with Crippen molar-refractivity contribution in [1.82, 2.24) is 0 Å². The summed E-state index contributed by atoms with van der Waals surface area (Å²) in [5.41, 5.74) is 0. The van der Waals surface area contributed by atoms with Crippen LogP contribution in [-0.4, -0.2) is 60.0 Å². The molecule has 1 rings (SSSR count). The molecule has 0 aliphatic rings. The number of hydrogen-bond donors (Lipinski definition) is 1. The molecule has 4 nitrogen and oxygen atoms in total. The molecule has 7 heteroatoms. The molecule has 1 aromatic rings. The van der Waals surface area contributed by atoms with Gasteiger partial charge in [0.15, 0.2) is 0 Å². The summed E-state index contributed by atoms with van der Waals surface area (Å²) in [5, 5.41) is 8.58. The Hall–Kier alpha value is -0.133. The van der Waals surface area contributed by atoms with Crippen LogP contribution in [0, 0.1) is 0 Å². The van der Waals surface area contributed by atoms with Gasteiger partial charge < -0.3 is 0 Å². The van der Waals surface area contributed by atoms with Crippen LogP contribution in [0.1, 0.15) is 13.8 Å². The molecular weight excluding hydrogens is 383 g/mol. The second kappa shape index (κ2) is 8.11. The number of benzene rings is 1. The topological polar surface area (TPSA) is 47.9 Å². The molecule has 0 heterocycles. The van der Waals surface area contributed by atoms with E-state index in [4.69, 9.17) is 14.2 Å². The van der Waals surface area contributed by atoms with Gasteiger partial charge in [0.05, 0.1) is 0 Å². The Morgan fingerprint density at radius 1 is 1.18 bits per heavy atom. The molecule has 0 aliphatic carbocycles. The van der Waals surface area contributed by atoms with E-state index in [-0.39, 0.29) is 11.7 Å². The minimum absolute atomic E-state index is 0.209. The van der Waals surface area contributed by atoms with Gasteiger partial charge in [-0.1, -0.05) is 0 Å². The van der Waals surface area contributed by atoms with Crippen LogP contribution in [0.2, 0.25) is 0 Å². The average molecular weight is 409 g/mol. The number of rotatable bonds is 9. The van der Waals surface area contributed by atoms with Crippen molar-refractivity contribution in [3.63, 3.8) is 0 Å². The number of aromatic hydroxyl groups is 1. The zero-order chi connectivity index (χ0) is 16.8. The number of phenols is 1. The quantitative estimate of drug-likeness (QED) is 0.387. The van der Waals surface area contributed by atoms with Crippen molar-refractivity contribution >= 4 is 35.6 Å². The molecule has 22 heavy (non-hydrogen) atoms. The molecule has 0 amide bonds. The van der Waals surface area contributed by atoms with Crippen molar-refractivity contribution in [1.29, 1.82) is 0 Å². The van der Waals surface area contributed by atoms with Gasteiger partial charge >= 0.3 is 144 Å². The normalized spacial score (nSPS) is 13.9. The maximum atomic E-state index is 9.78. The molecule has 0 unspecified atom stereocenters. The molecule has 1 aromatic carbocycles. The van der Waals surface area contributed by atoms with E-state index in [2.05, 4.69) is 35.5 Å². The van der Waals surface area contributed by atoms with E-state index < -0.39 is 5.31 Å². The Morgan fingerprint density at radius 3 is 2.27 bits per heavy atom. The predicted octanol–water partition coefficient (Wildman–Crippen LogP) is 3.17. The molecule has 0 saturated carbocycles. The molecule has 0 bridgehead atoms. The number of phenolic OH excluding ortho intramolecular Hbond substituents is 1. The Kier molecular flexibility index (Phi) is 7.34. The second-order valence-corrected chi connectivity index (χ2v) is 20.3. The first-order valence-corrected chi connectivity index (χ1v) is 14.2. The van der Waals surface area contributed by atoms with Crippen molar-refractivity contribution in [2.24, 2.45) is 0 Å². The van der Waals surface area contributed by atoms with Gasteiger partial charge in [0.1, 0.15) is 0 Å². The van der Waals surface area contributed by atoms with E-state index in [9.17, 15) is 5.11 Å². The molecule has 0 spiro atoms. The zero-order valence-corrected chi connectivity index (χ0v) is 17.4. The fourth-order valence-electron chi connectivity index (χ4n) is 1.87. The fourth-order valence-corrected chi connectivity index (χ4v) is 5.10. The summed E-state index contributed by atoms with van der Waals surface area (Å²) in [6, 6.07) is 5.26. The van der Waals surface area contributed by atoms with Gasteiger partial charge in [-0.3, -0.25) is 0 Å². The standard InChI is InChI=1S/C15H26BrO4PSi/c1-6-18-15(19-7-2)22-11-20-13-9-8-12(17)10-14(13)21(3,4,5)16/h8-10,15,17H,6-7,11H2,1-5H3. The van der Waals surface area contributed by atoms with Crippen molar-refractivity contribution in [2.75, 3.05) is 39.4 Å². The van der Waals surface area contributed by atoms with Crippen LogP contribution >= 0.6 is 20.8 Å². The molecule has 0 atom stereocenters. The van der Waals surface area contributed by atoms with Crippen LogP contribution < -0.4 is 10.0 Å². The second-order valence-electron chi connectivity index (χ2n) is 5.99. The van der Waals surface area contributed by atoms with Crippen LogP contribution in [0.15, 0.2) is 18.2 Å². The molecule has 126 valence electrons. The van der Waals surface area contributed by atoms with Gasteiger partial charge in [-0.05, 0) is 0 Å². The van der Waals surface area contributed by atoms with Crippen molar-refractivity contribution in [3.8, 4) is 11.5 Å². The van der Waals surface area contributed by atoms with Gasteiger partial charge in [0.25, 0.3) is 0 Å². The van der Waals surface area contributed by atoms with Crippen LogP contribution in [0.5, 0.6) is 11.5 Å². The minimum atomic E-state index is -2.22. The van der Waals surface area contributed by atoms with Gasteiger partial charge in [0, 0.05) is 0 Å². The molecule has 0 fully saturated rings. The summed E-state index contributed by atoms with van der Waals surface area (Å²) >= 11 is 3.84. The Balaban J connectivity index is 2.78. The van der Waals surface area contributed by atoms with Gasteiger partial charge in [-0.2, -0.15) is 0 Å². The SMILES string of the molecule is CCOC(OCC)[Si]COc1ccc(O)cc1P(C)(C)(C)Br. The zero-order valence-electron chi connectivity index (χ0n) is 13.9. The van der Waals surface area contributed by atoms with Crippen LogP contribution in [0.4, 0.5) is 0 Å². The summed E-state index contributed by atoms with van der Waals surface area (Å²) in [6.45, 7) is 11.7. The van der Waals surface area contributed by atoms with Crippen molar-refractivity contribution in [3.05, 3.63) is 18.2 Å².